The molecule has 0 saturated carbocycles. The summed E-state index contributed by atoms with van der Waals surface area (Å²) in [4.78, 5) is 28.9. The normalized spacial score (nSPS) is 15.5. The van der Waals surface area contributed by atoms with Crippen LogP contribution in [0.2, 0.25) is 0 Å². The maximum absolute atomic E-state index is 13.1. The number of nitrogens with zero attached hydrogens (tertiary/aromatic N) is 2. The SMILES string of the molecule is CCOc1cccc(N2C(=O)/C(=C/c3ccc(N(C)C)c(Br)c3)C(=O)NC2=S)c1. The molecule has 2 amide bonds. The third-order valence-corrected chi connectivity index (χ3v) is 5.17. The molecule has 0 atom stereocenters. The van der Waals surface area contributed by atoms with Gasteiger partial charge in [-0.05, 0) is 71.0 Å². The van der Waals surface area contributed by atoms with E-state index in [4.69, 9.17) is 17.0 Å². The third kappa shape index (κ3) is 4.49. The number of amides is 2. The topological polar surface area (TPSA) is 61.9 Å². The molecular weight excluding hydrogens is 454 g/mol. The lowest BCUT2D eigenvalue weighted by Crippen LogP contribution is -2.54. The van der Waals surface area contributed by atoms with Crippen LogP contribution >= 0.6 is 28.1 Å². The van der Waals surface area contributed by atoms with E-state index in [0.717, 1.165) is 15.7 Å². The van der Waals surface area contributed by atoms with Gasteiger partial charge in [0.1, 0.15) is 11.3 Å². The van der Waals surface area contributed by atoms with Gasteiger partial charge in [-0.1, -0.05) is 12.1 Å². The molecule has 0 bridgehead atoms. The van der Waals surface area contributed by atoms with Gasteiger partial charge < -0.3 is 9.64 Å². The summed E-state index contributed by atoms with van der Waals surface area (Å²) in [6.45, 7) is 2.38. The number of hydrogen-bond acceptors (Lipinski definition) is 5. The molecule has 8 heteroatoms. The summed E-state index contributed by atoms with van der Waals surface area (Å²) < 4.78 is 6.36. The Labute approximate surface area is 183 Å². The lowest BCUT2D eigenvalue weighted by atomic mass is 10.1. The first-order valence-corrected chi connectivity index (χ1v) is 10.1. The molecule has 0 spiro atoms. The van der Waals surface area contributed by atoms with E-state index in [1.54, 1.807) is 30.3 Å². The zero-order valence-electron chi connectivity index (χ0n) is 16.2. The molecule has 3 rings (SSSR count). The summed E-state index contributed by atoms with van der Waals surface area (Å²) in [6.07, 6.45) is 1.56. The van der Waals surface area contributed by atoms with Crippen molar-refractivity contribution in [3.05, 3.63) is 58.1 Å². The van der Waals surface area contributed by atoms with Gasteiger partial charge in [0, 0.05) is 24.6 Å². The van der Waals surface area contributed by atoms with E-state index in [0.29, 0.717) is 18.0 Å². The Bertz CT molecular complexity index is 1020. The largest absolute Gasteiger partial charge is 0.494 e. The van der Waals surface area contributed by atoms with Gasteiger partial charge in [-0.3, -0.25) is 19.8 Å². The minimum atomic E-state index is -0.523. The predicted molar refractivity (Wildman–Crippen MR) is 122 cm³/mol. The molecule has 0 aromatic heterocycles. The van der Waals surface area contributed by atoms with E-state index in [-0.39, 0.29) is 10.7 Å². The van der Waals surface area contributed by atoms with Gasteiger partial charge >= 0.3 is 0 Å². The van der Waals surface area contributed by atoms with Crippen LogP contribution in [0.25, 0.3) is 6.08 Å². The Hall–Kier alpha value is -2.71. The smallest absolute Gasteiger partial charge is 0.270 e. The standard InChI is InChI=1S/C21H20BrN3O3S/c1-4-28-15-7-5-6-14(12-15)25-20(27)16(19(26)23-21(25)29)10-13-8-9-18(24(2)3)17(22)11-13/h5-12H,4H2,1-3H3,(H,23,26,29)/b16-10+. The Kier molecular flexibility index (Phi) is 6.34. The number of hydrogen-bond donors (Lipinski definition) is 1. The van der Waals surface area contributed by atoms with Crippen molar-refractivity contribution in [3.63, 3.8) is 0 Å². The van der Waals surface area contributed by atoms with Crippen LogP contribution in [0.1, 0.15) is 12.5 Å². The number of rotatable bonds is 5. The second-order valence-electron chi connectivity index (χ2n) is 6.49. The fourth-order valence-electron chi connectivity index (χ4n) is 2.91. The van der Waals surface area contributed by atoms with Crippen molar-refractivity contribution in [1.29, 1.82) is 0 Å². The van der Waals surface area contributed by atoms with Crippen LogP contribution < -0.4 is 19.9 Å². The van der Waals surface area contributed by atoms with Crippen molar-refractivity contribution in [2.45, 2.75) is 6.92 Å². The molecule has 1 saturated heterocycles. The summed E-state index contributed by atoms with van der Waals surface area (Å²) in [5.74, 6) is -0.392. The quantitative estimate of drug-likeness (QED) is 0.407. The number of benzene rings is 2. The first-order valence-electron chi connectivity index (χ1n) is 8.93. The molecule has 150 valence electrons. The van der Waals surface area contributed by atoms with Gasteiger partial charge in [-0.15, -0.1) is 0 Å². The number of carbonyl (C=O) groups excluding carboxylic acids is 2. The zero-order chi connectivity index (χ0) is 21.1. The Morgan fingerprint density at radius 2 is 1.97 bits per heavy atom. The molecular formula is C21H20BrN3O3S. The van der Waals surface area contributed by atoms with Crippen molar-refractivity contribution in [1.82, 2.24) is 5.32 Å². The molecule has 1 fully saturated rings. The fraction of sp³-hybridized carbons (Fsp3) is 0.190. The third-order valence-electron chi connectivity index (χ3n) is 4.25. The summed E-state index contributed by atoms with van der Waals surface area (Å²) in [5, 5.41) is 2.63. The van der Waals surface area contributed by atoms with Gasteiger partial charge in [-0.2, -0.15) is 0 Å². The average Bonchev–Trinajstić information content (AvgIpc) is 2.65. The summed E-state index contributed by atoms with van der Waals surface area (Å²) in [5.41, 5.74) is 2.24. The number of nitrogens with one attached hydrogen (secondary N) is 1. The monoisotopic (exact) mass is 473 g/mol. The summed E-state index contributed by atoms with van der Waals surface area (Å²) in [7, 11) is 3.87. The van der Waals surface area contributed by atoms with Crippen molar-refractivity contribution in [2.24, 2.45) is 0 Å². The molecule has 1 aliphatic rings. The lowest BCUT2D eigenvalue weighted by Gasteiger charge is -2.29. The van der Waals surface area contributed by atoms with Crippen molar-refractivity contribution in [2.75, 3.05) is 30.5 Å². The maximum Gasteiger partial charge on any atom is 0.270 e. The van der Waals surface area contributed by atoms with E-state index in [2.05, 4.69) is 21.2 Å². The average molecular weight is 474 g/mol. The molecule has 1 N–H and O–H groups in total. The van der Waals surface area contributed by atoms with E-state index >= 15 is 0 Å². The second kappa shape index (κ2) is 8.75. The molecule has 29 heavy (non-hydrogen) atoms. The van der Waals surface area contributed by atoms with Gasteiger partial charge in [-0.25, -0.2) is 0 Å². The number of ether oxygens (including phenoxy) is 1. The molecule has 2 aromatic carbocycles. The van der Waals surface area contributed by atoms with Crippen molar-refractivity contribution >= 4 is 62.5 Å². The number of anilines is 2. The Balaban J connectivity index is 1.98. The van der Waals surface area contributed by atoms with E-state index in [1.807, 2.05) is 44.1 Å². The summed E-state index contributed by atoms with van der Waals surface area (Å²) >= 11 is 8.77. The maximum atomic E-state index is 13.1. The van der Waals surface area contributed by atoms with Crippen molar-refractivity contribution in [3.8, 4) is 5.75 Å². The highest BCUT2D eigenvalue weighted by Crippen LogP contribution is 2.29. The zero-order valence-corrected chi connectivity index (χ0v) is 18.6. The first-order chi connectivity index (χ1) is 13.8. The van der Waals surface area contributed by atoms with Crippen LogP contribution in [0.3, 0.4) is 0 Å². The molecule has 1 aliphatic heterocycles. The van der Waals surface area contributed by atoms with Crippen LogP contribution in [0.15, 0.2) is 52.5 Å². The van der Waals surface area contributed by atoms with Gasteiger partial charge in [0.2, 0.25) is 0 Å². The number of carbonyl (C=O) groups is 2. The molecule has 6 nitrogen and oxygen atoms in total. The highest BCUT2D eigenvalue weighted by Gasteiger charge is 2.34. The van der Waals surface area contributed by atoms with E-state index in [1.165, 1.54) is 4.90 Å². The molecule has 1 heterocycles. The van der Waals surface area contributed by atoms with Gasteiger partial charge in [0.25, 0.3) is 11.8 Å². The minimum Gasteiger partial charge on any atom is -0.494 e. The molecule has 0 unspecified atom stereocenters. The molecule has 2 aromatic rings. The van der Waals surface area contributed by atoms with Gasteiger partial charge in [0.05, 0.1) is 18.0 Å². The summed E-state index contributed by atoms with van der Waals surface area (Å²) in [6, 6.07) is 12.6. The van der Waals surface area contributed by atoms with Gasteiger partial charge in [0.15, 0.2) is 5.11 Å². The molecule has 0 aliphatic carbocycles. The van der Waals surface area contributed by atoms with Crippen LogP contribution in [-0.2, 0) is 9.59 Å². The minimum absolute atomic E-state index is 0.00455. The Morgan fingerprint density at radius 3 is 2.62 bits per heavy atom. The van der Waals surface area contributed by atoms with E-state index in [9.17, 15) is 9.59 Å². The number of halogens is 1. The highest BCUT2D eigenvalue weighted by atomic mass is 79.9. The van der Waals surface area contributed by atoms with Crippen LogP contribution in [0.4, 0.5) is 11.4 Å². The predicted octanol–water partition coefficient (Wildman–Crippen LogP) is 3.75. The lowest BCUT2D eigenvalue weighted by molar-refractivity contribution is -0.122. The van der Waals surface area contributed by atoms with Crippen LogP contribution in [0, 0.1) is 0 Å². The van der Waals surface area contributed by atoms with E-state index < -0.39 is 11.8 Å². The van der Waals surface area contributed by atoms with Crippen LogP contribution in [0.5, 0.6) is 5.75 Å². The number of thiocarbonyl (C=S) groups is 1. The molecule has 0 radical (unpaired) electrons. The Morgan fingerprint density at radius 1 is 1.21 bits per heavy atom. The second-order valence-corrected chi connectivity index (χ2v) is 7.73. The fourth-order valence-corrected chi connectivity index (χ4v) is 3.95. The highest BCUT2D eigenvalue weighted by molar-refractivity contribution is 9.10. The first kappa shape index (κ1) is 21.0. The van der Waals surface area contributed by atoms with Crippen molar-refractivity contribution < 1.29 is 14.3 Å². The van der Waals surface area contributed by atoms with Crippen LogP contribution in [-0.4, -0.2) is 37.6 Å².